The minimum Gasteiger partial charge on any atom is -0.757 e. The van der Waals surface area contributed by atoms with Gasteiger partial charge in [-0.15, -0.1) is 5.17 Å². The molecule has 1 aliphatic heterocycles. The molecule has 0 bridgehead atoms. The summed E-state index contributed by atoms with van der Waals surface area (Å²) in [5.41, 5.74) is 1.89. The molecule has 64 valence electrons. The highest BCUT2D eigenvalue weighted by atomic mass is 32.1. The summed E-state index contributed by atoms with van der Waals surface area (Å²) in [6, 6.07) is 0. The first kappa shape index (κ1) is 8.75. The smallest absolute Gasteiger partial charge is 0.317 e. The number of carboxylic acid groups (broad SMARTS) is 1. The van der Waals surface area contributed by atoms with Crippen LogP contribution in [0.15, 0.2) is 0 Å². The van der Waals surface area contributed by atoms with Crippen LogP contribution < -0.4 is 5.43 Å². The quantitative estimate of drug-likeness (QED) is 0.438. The van der Waals surface area contributed by atoms with Gasteiger partial charge in [0, 0.05) is 0 Å². The summed E-state index contributed by atoms with van der Waals surface area (Å²) in [5.74, 6) is -0.961. The topological polar surface area (TPSA) is 76.0 Å². The predicted octanol–water partition coefficient (Wildman–Crippen LogP) is -1.63. The van der Waals surface area contributed by atoms with Crippen molar-refractivity contribution < 1.29 is 15.1 Å². The van der Waals surface area contributed by atoms with Gasteiger partial charge in [-0.3, -0.25) is 14.9 Å². The Morgan fingerprint density at radius 2 is 2.45 bits per heavy atom. The van der Waals surface area contributed by atoms with Gasteiger partial charge in [-0.1, -0.05) is 0 Å². The Morgan fingerprint density at radius 3 is 2.82 bits per heavy atom. The van der Waals surface area contributed by atoms with Crippen LogP contribution >= 0.6 is 0 Å². The van der Waals surface area contributed by atoms with Gasteiger partial charge in [0.1, 0.15) is 0 Å². The van der Waals surface area contributed by atoms with Crippen molar-refractivity contribution in [1.29, 1.82) is 0 Å². The molecule has 1 heterocycles. The normalized spacial score (nSPS) is 27.6. The van der Waals surface area contributed by atoms with E-state index in [2.05, 4.69) is 5.43 Å². The van der Waals surface area contributed by atoms with Crippen LogP contribution in [-0.2, 0) is 17.4 Å². The van der Waals surface area contributed by atoms with E-state index in [-0.39, 0.29) is 13.2 Å². The highest BCUT2D eigenvalue weighted by molar-refractivity contribution is 7.59. The second kappa shape index (κ2) is 3.37. The molecule has 1 fully saturated rings. The lowest BCUT2D eigenvalue weighted by Gasteiger charge is -2.25. The van der Waals surface area contributed by atoms with Crippen molar-refractivity contribution in [1.82, 2.24) is 15.5 Å². The van der Waals surface area contributed by atoms with Crippen molar-refractivity contribution in [2.45, 2.75) is 5.50 Å². The van der Waals surface area contributed by atoms with Crippen molar-refractivity contribution in [3.05, 3.63) is 0 Å². The molecule has 1 saturated heterocycles. The van der Waals surface area contributed by atoms with Gasteiger partial charge < -0.3 is 17.7 Å². The second-order valence-electron chi connectivity index (χ2n) is 2.16. The summed E-state index contributed by atoms with van der Waals surface area (Å²) in [7, 11) is 0. The van der Waals surface area contributed by atoms with Gasteiger partial charge in [-0.25, -0.2) is 5.43 Å². The van der Waals surface area contributed by atoms with E-state index in [1.807, 2.05) is 0 Å². The van der Waals surface area contributed by atoms with Gasteiger partial charge in [0.15, 0.2) is 0 Å². The lowest BCUT2D eigenvalue weighted by molar-refractivity contribution is -0.140. The summed E-state index contributed by atoms with van der Waals surface area (Å²) in [4.78, 5) is 11.6. The number of nitrogens with one attached hydrogen (secondary N) is 1. The number of nitrogens with zero attached hydrogens (tertiary/aromatic N) is 2. The van der Waals surface area contributed by atoms with Crippen LogP contribution in [0, 0.1) is 0 Å². The highest BCUT2D eigenvalue weighted by Crippen LogP contribution is 2.02. The third kappa shape index (κ3) is 2.31. The van der Waals surface area contributed by atoms with Crippen molar-refractivity contribution in [2.24, 2.45) is 0 Å². The zero-order valence-electron chi connectivity index (χ0n) is 5.60. The van der Waals surface area contributed by atoms with Gasteiger partial charge in [-0.2, -0.15) is 0 Å². The molecular weight excluding hydrogens is 170 g/mol. The molecule has 0 aromatic rings. The molecule has 1 unspecified atom stereocenters. The van der Waals surface area contributed by atoms with E-state index >= 15 is 0 Å². The minimum absolute atomic E-state index is 0.112. The molecule has 0 spiro atoms. The van der Waals surface area contributed by atoms with E-state index in [1.165, 1.54) is 4.90 Å². The number of carboxylic acids is 1. The molecule has 3 N–H and O–H groups in total. The zero-order chi connectivity index (χ0) is 8.43. The van der Waals surface area contributed by atoms with Crippen molar-refractivity contribution in [3.63, 3.8) is 0 Å². The first-order chi connectivity index (χ1) is 5.09. The Balaban J connectivity index is 2.40. The number of hydroxylamine groups is 1. The molecule has 0 amide bonds. The van der Waals surface area contributed by atoms with E-state index in [1.54, 1.807) is 0 Å². The van der Waals surface area contributed by atoms with E-state index in [9.17, 15) is 4.79 Å². The predicted molar refractivity (Wildman–Crippen MR) is 37.1 cm³/mol. The average molecular weight is 178 g/mol. The largest absolute Gasteiger partial charge is 0.757 e. The third-order valence-electron chi connectivity index (χ3n) is 1.25. The van der Waals surface area contributed by atoms with Crippen LogP contribution in [0.2, 0.25) is 0 Å². The Labute approximate surface area is 68.7 Å². The molecule has 7 heteroatoms. The third-order valence-corrected chi connectivity index (χ3v) is 1.65. The minimum atomic E-state index is -0.961. The summed E-state index contributed by atoms with van der Waals surface area (Å²) in [5, 5.41) is 17.9. The zero-order valence-corrected chi connectivity index (χ0v) is 6.41. The summed E-state index contributed by atoms with van der Waals surface area (Å²) >= 11 is 4.77. The molecule has 0 aromatic heterocycles. The number of hydrogen-bond acceptors (Lipinski definition) is 6. The SMILES string of the molecule is O=C(O)CN1CN(O)NC1[S-]. The molecule has 0 saturated carbocycles. The Kier molecular flexibility index (Phi) is 2.68. The highest BCUT2D eigenvalue weighted by Gasteiger charge is 2.21. The number of rotatable bonds is 2. The van der Waals surface area contributed by atoms with Crippen LogP contribution in [-0.4, -0.2) is 45.1 Å². The monoisotopic (exact) mass is 178 g/mol. The summed E-state index contributed by atoms with van der Waals surface area (Å²) < 4.78 is 0. The number of hydrazine groups is 1. The molecule has 6 nitrogen and oxygen atoms in total. The van der Waals surface area contributed by atoms with Gasteiger partial charge >= 0.3 is 5.97 Å². The van der Waals surface area contributed by atoms with Gasteiger partial charge in [0.2, 0.25) is 0 Å². The fourth-order valence-corrected chi connectivity index (χ4v) is 1.07. The van der Waals surface area contributed by atoms with E-state index < -0.39 is 11.5 Å². The van der Waals surface area contributed by atoms with Crippen molar-refractivity contribution in [3.8, 4) is 0 Å². The Hall–Kier alpha value is -0.340. The second-order valence-corrected chi connectivity index (χ2v) is 2.61. The average Bonchev–Trinajstić information content (AvgIpc) is 2.09. The summed E-state index contributed by atoms with van der Waals surface area (Å²) in [6.07, 6.45) is 0. The van der Waals surface area contributed by atoms with Gasteiger partial charge in [-0.05, 0) is 5.50 Å². The van der Waals surface area contributed by atoms with Crippen LogP contribution in [0.4, 0.5) is 0 Å². The fraction of sp³-hybridized carbons (Fsp3) is 0.750. The lowest BCUT2D eigenvalue weighted by atomic mass is 10.6. The van der Waals surface area contributed by atoms with Gasteiger partial charge in [0.05, 0.1) is 13.2 Å². The molecule has 0 aliphatic carbocycles. The molecule has 0 radical (unpaired) electrons. The number of aliphatic carboxylic acids is 1. The number of hydrogen-bond donors (Lipinski definition) is 3. The first-order valence-corrected chi connectivity index (χ1v) is 3.41. The Bertz CT molecular complexity index is 167. The molecule has 1 rings (SSSR count). The maximum atomic E-state index is 10.2. The first-order valence-electron chi connectivity index (χ1n) is 2.94. The molecule has 1 atom stereocenters. The van der Waals surface area contributed by atoms with Crippen LogP contribution in [0.3, 0.4) is 0 Å². The van der Waals surface area contributed by atoms with E-state index in [0.29, 0.717) is 0 Å². The van der Waals surface area contributed by atoms with Crippen molar-refractivity contribution >= 4 is 18.6 Å². The van der Waals surface area contributed by atoms with Crippen LogP contribution in [0.1, 0.15) is 0 Å². The molecule has 11 heavy (non-hydrogen) atoms. The lowest BCUT2D eigenvalue weighted by Crippen LogP contribution is -2.37. The Morgan fingerprint density at radius 1 is 1.82 bits per heavy atom. The van der Waals surface area contributed by atoms with Crippen LogP contribution in [0.25, 0.3) is 0 Å². The molecular formula is C4H8N3O3S-. The standard InChI is InChI=1S/C4H9N3O3S/c8-3(9)1-6-2-7(10)5-4(6)11/h4-5,10-11H,1-2H2,(H,8,9)/p-1. The maximum absolute atomic E-state index is 10.2. The fourth-order valence-electron chi connectivity index (χ4n) is 0.803. The molecule has 1 aliphatic rings. The molecule has 0 aromatic carbocycles. The van der Waals surface area contributed by atoms with Crippen LogP contribution in [0.5, 0.6) is 0 Å². The number of carbonyl (C=O) groups is 1. The maximum Gasteiger partial charge on any atom is 0.317 e. The van der Waals surface area contributed by atoms with E-state index in [0.717, 1.165) is 5.17 Å². The van der Waals surface area contributed by atoms with Gasteiger partial charge in [0.25, 0.3) is 0 Å². The van der Waals surface area contributed by atoms with E-state index in [4.69, 9.17) is 22.9 Å². The summed E-state index contributed by atoms with van der Waals surface area (Å²) in [6.45, 7) is -0.0569. The van der Waals surface area contributed by atoms with Crippen molar-refractivity contribution in [2.75, 3.05) is 13.2 Å².